The van der Waals surface area contributed by atoms with Gasteiger partial charge < -0.3 is 16.8 Å². The molecule has 90 valence electrons. The number of anilines is 4. The summed E-state index contributed by atoms with van der Waals surface area (Å²) in [7, 11) is 0. The third-order valence-electron chi connectivity index (χ3n) is 2.12. The highest BCUT2D eigenvalue weighted by Crippen LogP contribution is 2.20. The van der Waals surface area contributed by atoms with Crippen LogP contribution in [0.1, 0.15) is 5.56 Å². The second kappa shape index (κ2) is 4.55. The summed E-state index contributed by atoms with van der Waals surface area (Å²) in [6.07, 6.45) is 0. The molecule has 0 radical (unpaired) electrons. The molecule has 0 aliphatic carbocycles. The number of hydrogen-bond donors (Lipinski definition) is 3. The summed E-state index contributed by atoms with van der Waals surface area (Å²) in [5, 5.41) is 11.3. The fourth-order valence-electron chi connectivity index (χ4n) is 1.37. The summed E-state index contributed by atoms with van der Waals surface area (Å²) in [5.41, 5.74) is 11.3. The fraction of sp³-hybridized carbons (Fsp3) is 0. The second-order valence-corrected chi connectivity index (χ2v) is 3.47. The zero-order valence-electron chi connectivity index (χ0n) is 9.18. The molecule has 0 aliphatic rings. The van der Waals surface area contributed by atoms with Gasteiger partial charge in [0.05, 0.1) is 17.3 Å². The van der Waals surface area contributed by atoms with E-state index in [9.17, 15) is 4.39 Å². The van der Waals surface area contributed by atoms with Gasteiger partial charge >= 0.3 is 0 Å². The smallest absolute Gasteiger partial charge is 0.223 e. The number of nitriles is 1. The Hall–Kier alpha value is -2.88. The number of rotatable bonds is 2. The van der Waals surface area contributed by atoms with Gasteiger partial charge in [-0.05, 0) is 18.2 Å². The molecule has 6 nitrogen and oxygen atoms in total. The Labute approximate surface area is 102 Å². The number of aromatic nitrogens is 2. The highest BCUT2D eigenvalue weighted by atomic mass is 19.1. The molecule has 0 spiro atoms. The van der Waals surface area contributed by atoms with E-state index < -0.39 is 5.82 Å². The average Bonchev–Trinajstić information content (AvgIpc) is 2.30. The van der Waals surface area contributed by atoms with Gasteiger partial charge in [0.2, 0.25) is 5.95 Å². The van der Waals surface area contributed by atoms with Crippen LogP contribution in [0.4, 0.5) is 27.7 Å². The van der Waals surface area contributed by atoms with Crippen molar-refractivity contribution in [2.75, 3.05) is 16.8 Å². The molecule has 0 bridgehead atoms. The Morgan fingerprint density at radius 1 is 1.22 bits per heavy atom. The largest absolute Gasteiger partial charge is 0.383 e. The highest BCUT2D eigenvalue weighted by molar-refractivity contribution is 5.61. The molecule has 0 unspecified atom stereocenters. The molecule has 0 aliphatic heterocycles. The number of nitrogens with one attached hydrogen (secondary N) is 1. The molecular weight excluding hydrogens is 235 g/mol. The molecule has 2 aromatic rings. The van der Waals surface area contributed by atoms with E-state index in [0.29, 0.717) is 0 Å². The first-order valence-corrected chi connectivity index (χ1v) is 4.95. The summed E-state index contributed by atoms with van der Waals surface area (Å²) in [6.45, 7) is 0. The lowest BCUT2D eigenvalue weighted by molar-refractivity contribution is 0.631. The molecule has 1 aromatic carbocycles. The van der Waals surface area contributed by atoms with Crippen LogP contribution < -0.4 is 16.8 Å². The number of nitrogen functional groups attached to an aromatic ring is 2. The molecule has 1 aromatic heterocycles. The van der Waals surface area contributed by atoms with Gasteiger partial charge in [-0.1, -0.05) is 0 Å². The Bertz CT molecular complexity index is 614. The van der Waals surface area contributed by atoms with Crippen molar-refractivity contribution in [3.63, 3.8) is 0 Å². The van der Waals surface area contributed by atoms with E-state index >= 15 is 0 Å². The first-order valence-electron chi connectivity index (χ1n) is 4.95. The van der Waals surface area contributed by atoms with Gasteiger partial charge in [0, 0.05) is 6.07 Å². The van der Waals surface area contributed by atoms with Crippen molar-refractivity contribution in [3.8, 4) is 6.07 Å². The SMILES string of the molecule is N#Cc1ccc(Nc2cc(N)nc(N)n2)c(F)c1. The number of nitrogens with two attached hydrogens (primary N) is 2. The first kappa shape index (κ1) is 11.6. The predicted molar refractivity (Wildman–Crippen MR) is 65.3 cm³/mol. The van der Waals surface area contributed by atoms with Crippen molar-refractivity contribution < 1.29 is 4.39 Å². The van der Waals surface area contributed by atoms with Gasteiger partial charge in [-0.3, -0.25) is 0 Å². The third-order valence-corrected chi connectivity index (χ3v) is 2.12. The van der Waals surface area contributed by atoms with Crippen LogP contribution in [0, 0.1) is 17.1 Å². The van der Waals surface area contributed by atoms with E-state index in [1.807, 2.05) is 6.07 Å². The molecule has 18 heavy (non-hydrogen) atoms. The van der Waals surface area contributed by atoms with Crippen molar-refractivity contribution in [1.82, 2.24) is 9.97 Å². The number of nitrogens with zero attached hydrogens (tertiary/aromatic N) is 3. The molecule has 5 N–H and O–H groups in total. The molecule has 0 atom stereocenters. The van der Waals surface area contributed by atoms with Crippen LogP contribution in [0.5, 0.6) is 0 Å². The summed E-state index contributed by atoms with van der Waals surface area (Å²) in [4.78, 5) is 7.55. The van der Waals surface area contributed by atoms with Gasteiger partial charge in [-0.15, -0.1) is 0 Å². The number of benzene rings is 1. The maximum absolute atomic E-state index is 13.6. The van der Waals surface area contributed by atoms with Crippen molar-refractivity contribution in [2.24, 2.45) is 0 Å². The van der Waals surface area contributed by atoms with Crippen LogP contribution >= 0.6 is 0 Å². The molecule has 0 saturated carbocycles. The van der Waals surface area contributed by atoms with Crippen molar-refractivity contribution in [1.29, 1.82) is 5.26 Å². The van der Waals surface area contributed by atoms with Gasteiger partial charge in [-0.25, -0.2) is 4.39 Å². The first-order chi connectivity index (χ1) is 8.58. The molecule has 7 heteroatoms. The number of hydrogen-bond acceptors (Lipinski definition) is 6. The highest BCUT2D eigenvalue weighted by Gasteiger charge is 2.06. The standard InChI is InChI=1S/C11H9FN6/c12-7-3-6(5-13)1-2-8(7)16-10-4-9(14)17-11(15)18-10/h1-4H,(H5,14,15,16,17,18). The Kier molecular flexibility index (Phi) is 2.93. The topological polar surface area (TPSA) is 114 Å². The monoisotopic (exact) mass is 244 g/mol. The van der Waals surface area contributed by atoms with E-state index in [1.54, 1.807) is 0 Å². The lowest BCUT2D eigenvalue weighted by atomic mass is 10.2. The van der Waals surface area contributed by atoms with Gasteiger partial charge in [-0.2, -0.15) is 15.2 Å². The van der Waals surface area contributed by atoms with Crippen LogP contribution in [0.2, 0.25) is 0 Å². The van der Waals surface area contributed by atoms with Crippen molar-refractivity contribution in [2.45, 2.75) is 0 Å². The summed E-state index contributed by atoms with van der Waals surface area (Å²) >= 11 is 0. The molecule has 0 amide bonds. The van der Waals surface area contributed by atoms with Crippen molar-refractivity contribution in [3.05, 3.63) is 35.6 Å². The quantitative estimate of drug-likeness (QED) is 0.735. The lowest BCUT2D eigenvalue weighted by Crippen LogP contribution is -2.03. The van der Waals surface area contributed by atoms with Crippen LogP contribution in [0.15, 0.2) is 24.3 Å². The van der Waals surface area contributed by atoms with E-state index in [0.717, 1.165) is 6.07 Å². The van der Waals surface area contributed by atoms with E-state index in [2.05, 4.69) is 15.3 Å². The number of halogens is 1. The Morgan fingerprint density at radius 2 is 2.00 bits per heavy atom. The molecule has 0 saturated heterocycles. The van der Waals surface area contributed by atoms with E-state index in [-0.39, 0.29) is 28.8 Å². The van der Waals surface area contributed by atoms with E-state index in [4.69, 9.17) is 16.7 Å². The zero-order valence-corrected chi connectivity index (χ0v) is 9.18. The lowest BCUT2D eigenvalue weighted by Gasteiger charge is -2.07. The molecule has 1 heterocycles. The normalized spacial score (nSPS) is 9.78. The maximum Gasteiger partial charge on any atom is 0.223 e. The Morgan fingerprint density at radius 3 is 2.61 bits per heavy atom. The fourth-order valence-corrected chi connectivity index (χ4v) is 1.37. The van der Waals surface area contributed by atoms with Gasteiger partial charge in [0.1, 0.15) is 17.5 Å². The zero-order chi connectivity index (χ0) is 13.1. The summed E-state index contributed by atoms with van der Waals surface area (Å²) < 4.78 is 13.6. The second-order valence-electron chi connectivity index (χ2n) is 3.47. The minimum absolute atomic E-state index is 0.00782. The van der Waals surface area contributed by atoms with Crippen LogP contribution in [-0.4, -0.2) is 9.97 Å². The third kappa shape index (κ3) is 2.44. The maximum atomic E-state index is 13.6. The van der Waals surface area contributed by atoms with E-state index in [1.165, 1.54) is 18.2 Å². The summed E-state index contributed by atoms with van der Waals surface area (Å²) in [6, 6.07) is 7.31. The molecule has 0 fully saturated rings. The van der Waals surface area contributed by atoms with Crippen LogP contribution in [0.3, 0.4) is 0 Å². The summed E-state index contributed by atoms with van der Waals surface area (Å²) in [5.74, 6) is -0.112. The molecular formula is C11H9FN6. The van der Waals surface area contributed by atoms with Gasteiger partial charge in [0.15, 0.2) is 0 Å². The minimum Gasteiger partial charge on any atom is -0.383 e. The Balaban J connectivity index is 2.31. The van der Waals surface area contributed by atoms with Gasteiger partial charge in [0.25, 0.3) is 0 Å². The predicted octanol–water partition coefficient (Wildman–Crippen LogP) is 1.40. The van der Waals surface area contributed by atoms with Crippen LogP contribution in [-0.2, 0) is 0 Å². The minimum atomic E-state index is -0.565. The average molecular weight is 244 g/mol. The molecule has 2 rings (SSSR count). The van der Waals surface area contributed by atoms with Crippen LogP contribution in [0.25, 0.3) is 0 Å². The van der Waals surface area contributed by atoms with Crippen molar-refractivity contribution >= 4 is 23.3 Å².